The predicted molar refractivity (Wildman–Crippen MR) is 169 cm³/mol. The number of nitro benzene ring substituents is 1. The molecule has 0 spiro atoms. The van der Waals surface area contributed by atoms with Crippen molar-refractivity contribution in [2.24, 2.45) is 0 Å². The zero-order valence-electron chi connectivity index (χ0n) is 28.0. The van der Waals surface area contributed by atoms with Gasteiger partial charge in [0.25, 0.3) is 0 Å². The van der Waals surface area contributed by atoms with Gasteiger partial charge >= 0.3 is 11.8 Å². The maximum Gasteiger partial charge on any atom is 0.435 e. The summed E-state index contributed by atoms with van der Waals surface area (Å²) >= 11 is 0. The van der Waals surface area contributed by atoms with E-state index in [-0.39, 0.29) is 5.95 Å². The van der Waals surface area contributed by atoms with E-state index in [1.807, 2.05) is 12.1 Å². The van der Waals surface area contributed by atoms with E-state index in [0.29, 0.717) is 28.1 Å². The number of nitrogens with zero attached hydrogens (tertiary/aromatic N) is 6. The van der Waals surface area contributed by atoms with Crippen LogP contribution >= 0.6 is 0 Å². The van der Waals surface area contributed by atoms with Gasteiger partial charge in [-0.05, 0) is 57.7 Å². The Labute approximate surface area is 295 Å². The molecule has 24 heteroatoms. The third-order valence-corrected chi connectivity index (χ3v) is 7.08. The number of nitro groups is 1. The summed E-state index contributed by atoms with van der Waals surface area (Å²) in [7, 11) is 0. The van der Waals surface area contributed by atoms with Gasteiger partial charge in [-0.15, -0.1) is 0 Å². The lowest BCUT2D eigenvalue weighted by molar-refractivity contribution is -0.387. The fourth-order valence-corrected chi connectivity index (χ4v) is 5.23. The summed E-state index contributed by atoms with van der Waals surface area (Å²) in [5.74, 6) is -0.750. The van der Waals surface area contributed by atoms with Crippen LogP contribution in [0.1, 0.15) is 38.3 Å². The Bertz CT molecular complexity index is 1920. The first-order valence-electron chi connectivity index (χ1n) is 14.3. The van der Waals surface area contributed by atoms with E-state index in [9.17, 15) is 19.3 Å². The summed E-state index contributed by atoms with van der Waals surface area (Å²) in [6, 6.07) is 8.44. The van der Waals surface area contributed by atoms with Gasteiger partial charge in [0.1, 0.15) is 5.60 Å². The number of hydrogen-bond donors (Lipinski definition) is 1. The number of rotatable bonds is 5. The molecule has 0 saturated heterocycles. The van der Waals surface area contributed by atoms with E-state index in [4.69, 9.17) is 64.6 Å². The highest BCUT2D eigenvalue weighted by Crippen LogP contribution is 2.39. The number of nitrogens with one attached hydrogen (secondary N) is 1. The number of anilines is 2. The van der Waals surface area contributed by atoms with Crippen LogP contribution in [0.3, 0.4) is 0 Å². The third kappa shape index (κ3) is 11.8. The largest absolute Gasteiger partial charge is 0.442 e. The molecule has 0 bridgehead atoms. The molecule has 298 valence electrons. The van der Waals surface area contributed by atoms with Crippen LogP contribution in [0.15, 0.2) is 55.1 Å². The summed E-state index contributed by atoms with van der Waals surface area (Å²) in [5, 5.41) is 19.6. The van der Waals surface area contributed by atoms with E-state index in [2.05, 4.69) is 32.2 Å². The van der Waals surface area contributed by atoms with Crippen molar-refractivity contribution in [1.82, 2.24) is 24.3 Å². The average molecular weight is 798 g/mol. The summed E-state index contributed by atoms with van der Waals surface area (Å²) in [6.07, 6.45) is 8.19. The Hall–Kier alpha value is -5.97. The Kier molecular flexibility index (Phi) is 21.0. The summed E-state index contributed by atoms with van der Waals surface area (Å²) in [6.45, 7) is 7.84. The number of carbonyl (C=O) groups is 1. The van der Waals surface area contributed by atoms with E-state index in [0.717, 1.165) is 52.7 Å². The number of benzene rings is 2. The molecule has 4 heterocycles. The molecule has 6 rings (SSSR count). The normalized spacial score (nSPS) is 10.7. The standard InChI is InChI=1S/C30H28FN7O4.6F2/c1-17-11-23(31)25(38(40)41)12-24(17)34-28-32-14-21(19-13-33-37(15-19)29(39)42-30(2,3)4)26(35-28)22-16-36-10-6-8-18-7-5-9-20(22)27(18)36;6*1-2/h5,7,9,11-16H,6,8,10H2,1-4H3,(H,32,34,35);;;;;;. The highest BCUT2D eigenvalue weighted by Gasteiger charge is 2.24. The molecule has 0 fully saturated rings. The van der Waals surface area contributed by atoms with Gasteiger partial charge in [0.15, 0.2) is 0 Å². The predicted octanol–water partition coefficient (Wildman–Crippen LogP) is 11.8. The van der Waals surface area contributed by atoms with E-state index in [1.165, 1.54) is 5.56 Å². The molecule has 0 atom stereocenters. The smallest absolute Gasteiger partial charge is 0.435 e. The lowest BCUT2D eigenvalue weighted by atomic mass is 9.99. The van der Waals surface area contributed by atoms with Crippen molar-refractivity contribution in [2.45, 2.75) is 52.7 Å². The van der Waals surface area contributed by atoms with Crippen LogP contribution in [-0.2, 0) is 17.7 Å². The van der Waals surface area contributed by atoms with Crippen molar-refractivity contribution in [1.29, 1.82) is 0 Å². The molecule has 54 heavy (non-hydrogen) atoms. The maximum atomic E-state index is 14.2. The van der Waals surface area contributed by atoms with Crippen LogP contribution < -0.4 is 5.32 Å². The van der Waals surface area contributed by atoms with Gasteiger partial charge in [-0.1, -0.05) is 18.2 Å². The van der Waals surface area contributed by atoms with Crippen LogP contribution in [0.2, 0.25) is 0 Å². The van der Waals surface area contributed by atoms with Crippen LogP contribution in [0, 0.1) is 22.9 Å². The Morgan fingerprint density at radius 3 is 2.15 bits per heavy atom. The highest BCUT2D eigenvalue weighted by molar-refractivity contribution is 6.00. The molecule has 2 aromatic carbocycles. The molecule has 0 unspecified atom stereocenters. The van der Waals surface area contributed by atoms with Gasteiger partial charge in [0.2, 0.25) is 11.8 Å². The molecule has 0 aliphatic carbocycles. The van der Waals surface area contributed by atoms with Gasteiger partial charge in [-0.25, -0.2) is 14.8 Å². The Morgan fingerprint density at radius 1 is 0.926 bits per heavy atom. The summed E-state index contributed by atoms with van der Waals surface area (Å²) < 4.78 is 119. The molecule has 0 saturated carbocycles. The van der Waals surface area contributed by atoms with Crippen LogP contribution in [-0.4, -0.2) is 40.9 Å². The van der Waals surface area contributed by atoms with Crippen molar-refractivity contribution in [3.63, 3.8) is 0 Å². The Morgan fingerprint density at radius 2 is 1.56 bits per heavy atom. The molecule has 5 aromatic rings. The highest BCUT2D eigenvalue weighted by atomic mass is 20.0. The monoisotopic (exact) mass is 797 g/mol. The third-order valence-electron chi connectivity index (χ3n) is 7.08. The molecule has 3 aromatic heterocycles. The van der Waals surface area contributed by atoms with Gasteiger partial charge in [0.05, 0.1) is 28.0 Å². The van der Waals surface area contributed by atoms with Crippen molar-refractivity contribution in [3.8, 4) is 22.4 Å². The Balaban J connectivity index is 0.00000214. The number of aromatic nitrogens is 5. The van der Waals surface area contributed by atoms with Crippen molar-refractivity contribution in [2.75, 3.05) is 5.32 Å². The second-order valence-corrected chi connectivity index (χ2v) is 11.3. The molecule has 0 radical (unpaired) electrons. The molecule has 1 N–H and O–H groups in total. The number of carbonyl (C=O) groups excluding carboxylic acids is 1. The molecular weight excluding hydrogens is 769 g/mol. The van der Waals surface area contributed by atoms with Gasteiger partial charge < -0.3 is 14.6 Å². The van der Waals surface area contributed by atoms with Gasteiger partial charge in [-0.2, -0.15) is 14.2 Å². The summed E-state index contributed by atoms with van der Waals surface area (Å²) in [4.78, 5) is 32.6. The van der Waals surface area contributed by atoms with E-state index in [1.54, 1.807) is 46.3 Å². The number of hydrogen-bond acceptors (Lipinski definition) is 8. The van der Waals surface area contributed by atoms with Crippen LogP contribution in [0.25, 0.3) is 33.3 Å². The van der Waals surface area contributed by atoms with Crippen LogP contribution in [0.4, 0.5) is 81.4 Å². The zero-order valence-corrected chi connectivity index (χ0v) is 28.0. The van der Waals surface area contributed by atoms with Crippen molar-refractivity contribution >= 4 is 34.3 Å². The van der Waals surface area contributed by atoms with Crippen molar-refractivity contribution in [3.05, 3.63) is 82.2 Å². The SMILES string of the molecule is Cc1cc(F)c([N+](=O)[O-])cc1Nc1ncc(-c2cnn(C(=O)OC(C)(C)C)c2)c(-c2cn3c4c(cccc24)CCC3)n1.FF.FF.FF.FF.FF.FF. The number of ether oxygens (including phenoxy) is 1. The molecular formula is C30H28F13N7O4. The fraction of sp³-hybridized carbons (Fsp3) is 0.267. The number of aryl methyl sites for hydroxylation is 3. The van der Waals surface area contributed by atoms with Gasteiger partial charge in [-0.3, -0.25) is 10.1 Å². The lowest BCUT2D eigenvalue weighted by Crippen LogP contribution is -2.27. The molecule has 11 nitrogen and oxygen atoms in total. The van der Waals surface area contributed by atoms with E-state index < -0.39 is 28.1 Å². The molecule has 1 aliphatic heterocycles. The molecule has 1 aliphatic rings. The first-order valence-corrected chi connectivity index (χ1v) is 14.3. The van der Waals surface area contributed by atoms with Crippen LogP contribution in [0.5, 0.6) is 0 Å². The lowest BCUT2D eigenvalue weighted by Gasteiger charge is -2.18. The van der Waals surface area contributed by atoms with Gasteiger partial charge in [0, 0.05) is 108 Å². The fourth-order valence-electron chi connectivity index (χ4n) is 5.23. The number of para-hydroxylation sites is 1. The maximum absolute atomic E-state index is 14.2. The minimum Gasteiger partial charge on any atom is -0.442 e. The first kappa shape index (κ1) is 48.0. The second-order valence-electron chi connectivity index (χ2n) is 11.3. The second kappa shape index (κ2) is 23.6. The molecule has 0 amide bonds. The topological polar surface area (TPSA) is 130 Å². The van der Waals surface area contributed by atoms with E-state index >= 15 is 0 Å². The zero-order chi connectivity index (χ0) is 41.8. The average Bonchev–Trinajstić information content (AvgIpc) is 3.84. The quantitative estimate of drug-likeness (QED) is 0.106. The van der Waals surface area contributed by atoms with Crippen molar-refractivity contribution < 1.29 is 73.7 Å². The first-order chi connectivity index (χ1) is 26.0. The minimum absolute atomic E-state index is 0.171. The summed E-state index contributed by atoms with van der Waals surface area (Å²) in [5.41, 5.74) is 4.49. The minimum atomic E-state index is -0.920. The number of halogens is 13.